The number of nitrogens with one attached hydrogen (secondary N) is 1. The lowest BCUT2D eigenvalue weighted by molar-refractivity contribution is 0.102. The second-order valence-electron chi connectivity index (χ2n) is 8.47. The summed E-state index contributed by atoms with van der Waals surface area (Å²) in [5.41, 5.74) is 1.02. The van der Waals surface area contributed by atoms with Crippen LogP contribution in [0.15, 0.2) is 28.5 Å². The predicted octanol–water partition coefficient (Wildman–Crippen LogP) is 4.56. The first-order chi connectivity index (χ1) is 15.1. The van der Waals surface area contributed by atoms with Gasteiger partial charge in [0.2, 0.25) is 10.0 Å². The van der Waals surface area contributed by atoms with Crippen molar-refractivity contribution < 1.29 is 13.2 Å². The number of nitrogens with zero attached hydrogens (tertiary/aromatic N) is 3. The molecule has 2 atom stereocenters. The van der Waals surface area contributed by atoms with Gasteiger partial charge in [0.25, 0.3) is 5.91 Å². The highest BCUT2D eigenvalue weighted by Gasteiger charge is 2.25. The zero-order chi connectivity index (χ0) is 23.5. The molecule has 3 rings (SSSR count). The van der Waals surface area contributed by atoms with Crippen LogP contribution in [0, 0.1) is 11.8 Å². The lowest BCUT2D eigenvalue weighted by Gasteiger charge is -2.34. The zero-order valence-corrected chi connectivity index (χ0v) is 21.4. The summed E-state index contributed by atoms with van der Waals surface area (Å²) in [5, 5.41) is 5.37. The second kappa shape index (κ2) is 10.6. The summed E-state index contributed by atoms with van der Waals surface area (Å²) in [6, 6.07) is 4.20. The fourth-order valence-corrected chi connectivity index (χ4v) is 6.69. The van der Waals surface area contributed by atoms with E-state index in [9.17, 15) is 13.2 Å². The van der Waals surface area contributed by atoms with Crippen molar-refractivity contribution in [2.75, 3.05) is 31.5 Å². The van der Waals surface area contributed by atoms with E-state index in [0.29, 0.717) is 30.1 Å². The van der Waals surface area contributed by atoms with Gasteiger partial charge in [-0.05, 0) is 36.5 Å². The van der Waals surface area contributed by atoms with E-state index in [1.54, 1.807) is 13.8 Å². The topological polar surface area (TPSA) is 82.6 Å². The van der Waals surface area contributed by atoms with Crippen molar-refractivity contribution in [2.24, 2.45) is 11.8 Å². The lowest BCUT2D eigenvalue weighted by Crippen LogP contribution is -2.38. The number of carbonyl (C=O) groups excluding carboxylic acids is 1. The Bertz CT molecular complexity index is 1040. The molecule has 1 amide bonds. The van der Waals surface area contributed by atoms with Gasteiger partial charge in [-0.2, -0.15) is 4.31 Å². The van der Waals surface area contributed by atoms with Crippen molar-refractivity contribution in [3.8, 4) is 0 Å². The molecule has 1 aliphatic heterocycles. The molecule has 0 aliphatic carbocycles. The molecular weight excluding hydrogens is 468 g/mol. The molecule has 32 heavy (non-hydrogen) atoms. The summed E-state index contributed by atoms with van der Waals surface area (Å²) >= 11 is 7.57. The maximum absolute atomic E-state index is 12.9. The number of sulfonamides is 1. The van der Waals surface area contributed by atoms with Gasteiger partial charge in [0.05, 0.1) is 21.2 Å². The molecule has 0 radical (unpaired) electrons. The molecule has 1 saturated heterocycles. The van der Waals surface area contributed by atoms with Crippen LogP contribution in [0.5, 0.6) is 0 Å². The number of hydrogen-bond donors (Lipinski definition) is 1. The fraction of sp³-hybridized carbons (Fsp3) is 0.545. The molecule has 1 aliphatic rings. The third-order valence-corrected chi connectivity index (χ3v) is 8.81. The van der Waals surface area contributed by atoms with E-state index in [1.165, 1.54) is 40.3 Å². The normalized spacial score (nSPS) is 19.9. The Morgan fingerprint density at radius 1 is 1.25 bits per heavy atom. The quantitative estimate of drug-likeness (QED) is 0.577. The molecule has 1 aromatic carbocycles. The summed E-state index contributed by atoms with van der Waals surface area (Å²) in [6.45, 7) is 11.6. The minimum absolute atomic E-state index is 0.0453. The van der Waals surface area contributed by atoms with Gasteiger partial charge in [-0.1, -0.05) is 39.3 Å². The molecule has 7 nitrogen and oxygen atoms in total. The summed E-state index contributed by atoms with van der Waals surface area (Å²) in [5.74, 6) is 0.852. The molecule has 176 valence electrons. The standard InChI is InChI=1S/C22H31ClN4O3S2/c1-5-27(6-2)32(29,30)18-7-8-20(23)19(10-18)21(28)25-22-24-17(14-31-22)13-26-11-15(3)9-16(4)12-26/h7-8,10,14-16H,5-6,9,11-13H2,1-4H3,(H,24,25,28)/t15-,16-/m0/s1. The predicted molar refractivity (Wildman–Crippen MR) is 130 cm³/mol. The Morgan fingerprint density at radius 3 is 2.53 bits per heavy atom. The highest BCUT2D eigenvalue weighted by Crippen LogP contribution is 2.26. The van der Waals surface area contributed by atoms with Crippen molar-refractivity contribution in [3.63, 3.8) is 0 Å². The van der Waals surface area contributed by atoms with Gasteiger partial charge < -0.3 is 0 Å². The van der Waals surface area contributed by atoms with Crippen molar-refractivity contribution in [2.45, 2.75) is 45.6 Å². The van der Waals surface area contributed by atoms with E-state index in [0.717, 1.165) is 25.3 Å². The number of carbonyl (C=O) groups is 1. The van der Waals surface area contributed by atoms with Crippen molar-refractivity contribution in [1.82, 2.24) is 14.2 Å². The largest absolute Gasteiger partial charge is 0.298 e. The Labute approximate surface area is 199 Å². The highest BCUT2D eigenvalue weighted by molar-refractivity contribution is 7.89. The SMILES string of the molecule is CCN(CC)S(=O)(=O)c1ccc(Cl)c(C(=O)Nc2nc(CN3C[C@@H](C)C[C@H](C)C3)cs2)c1. The number of hydrogen-bond acceptors (Lipinski definition) is 6. The van der Waals surface area contributed by atoms with E-state index in [1.807, 2.05) is 5.38 Å². The molecule has 0 bridgehead atoms. The van der Waals surface area contributed by atoms with Crippen LogP contribution < -0.4 is 5.32 Å². The van der Waals surface area contributed by atoms with Gasteiger partial charge in [-0.25, -0.2) is 13.4 Å². The number of anilines is 1. The van der Waals surface area contributed by atoms with Crippen LogP contribution in [0.4, 0.5) is 5.13 Å². The number of rotatable bonds is 8. The van der Waals surface area contributed by atoms with E-state index in [2.05, 4.69) is 29.0 Å². The zero-order valence-electron chi connectivity index (χ0n) is 19.0. The number of halogens is 1. The van der Waals surface area contributed by atoms with E-state index in [4.69, 9.17) is 11.6 Å². The smallest absolute Gasteiger partial charge is 0.259 e. The molecule has 0 unspecified atom stereocenters. The molecular formula is C22H31ClN4O3S2. The van der Waals surface area contributed by atoms with Crippen LogP contribution in [-0.4, -0.2) is 54.7 Å². The summed E-state index contributed by atoms with van der Waals surface area (Å²) < 4.78 is 27.0. The Balaban J connectivity index is 1.73. The van der Waals surface area contributed by atoms with Crippen LogP contribution in [0.25, 0.3) is 0 Å². The minimum Gasteiger partial charge on any atom is -0.298 e. The third-order valence-electron chi connectivity index (χ3n) is 5.63. The second-order valence-corrected chi connectivity index (χ2v) is 11.7. The first kappa shape index (κ1) is 25.1. The van der Waals surface area contributed by atoms with Crippen molar-refractivity contribution >= 4 is 44.0 Å². The van der Waals surface area contributed by atoms with Crippen LogP contribution in [0.1, 0.15) is 50.2 Å². The molecule has 10 heteroatoms. The molecule has 1 fully saturated rings. The van der Waals surface area contributed by atoms with E-state index < -0.39 is 15.9 Å². The molecule has 2 aromatic rings. The van der Waals surface area contributed by atoms with Crippen LogP contribution in [-0.2, 0) is 16.6 Å². The van der Waals surface area contributed by atoms with Gasteiger partial charge in [0.15, 0.2) is 5.13 Å². The van der Waals surface area contributed by atoms with Crippen LogP contribution in [0.3, 0.4) is 0 Å². The molecule has 0 saturated carbocycles. The fourth-order valence-electron chi connectivity index (χ4n) is 4.30. The van der Waals surface area contributed by atoms with Gasteiger partial charge in [0, 0.05) is 38.1 Å². The number of aromatic nitrogens is 1. The van der Waals surface area contributed by atoms with Gasteiger partial charge >= 0.3 is 0 Å². The maximum atomic E-state index is 12.9. The average molecular weight is 499 g/mol. The van der Waals surface area contributed by atoms with E-state index in [-0.39, 0.29) is 15.5 Å². The van der Waals surface area contributed by atoms with Gasteiger partial charge in [-0.3, -0.25) is 15.0 Å². The summed E-state index contributed by atoms with van der Waals surface area (Å²) in [6.07, 6.45) is 1.25. The van der Waals surface area contributed by atoms with Crippen LogP contribution >= 0.6 is 22.9 Å². The Hall–Kier alpha value is -1.52. The Morgan fingerprint density at radius 2 is 1.91 bits per heavy atom. The first-order valence-electron chi connectivity index (χ1n) is 10.9. The summed E-state index contributed by atoms with van der Waals surface area (Å²) in [4.78, 5) is 19.9. The third kappa shape index (κ3) is 5.88. The van der Waals surface area contributed by atoms with Gasteiger partial charge in [-0.15, -0.1) is 11.3 Å². The molecule has 1 N–H and O–H groups in total. The molecule has 1 aromatic heterocycles. The summed E-state index contributed by atoms with van der Waals surface area (Å²) in [7, 11) is -3.69. The maximum Gasteiger partial charge on any atom is 0.259 e. The number of amides is 1. The van der Waals surface area contributed by atoms with E-state index >= 15 is 0 Å². The number of piperidine rings is 1. The van der Waals surface area contributed by atoms with Crippen molar-refractivity contribution in [3.05, 3.63) is 39.9 Å². The number of thiazole rings is 1. The minimum atomic E-state index is -3.69. The Kier molecular flexibility index (Phi) is 8.32. The van der Waals surface area contributed by atoms with Gasteiger partial charge in [0.1, 0.15) is 0 Å². The monoisotopic (exact) mass is 498 g/mol. The first-order valence-corrected chi connectivity index (χ1v) is 13.6. The van der Waals surface area contributed by atoms with Crippen molar-refractivity contribution in [1.29, 1.82) is 0 Å². The van der Waals surface area contributed by atoms with Crippen LogP contribution in [0.2, 0.25) is 5.02 Å². The molecule has 0 spiro atoms. The highest BCUT2D eigenvalue weighted by atomic mass is 35.5. The lowest BCUT2D eigenvalue weighted by atomic mass is 9.92. The average Bonchev–Trinajstić information content (AvgIpc) is 3.14. The number of benzene rings is 1. The molecule has 2 heterocycles. The number of likely N-dealkylation sites (tertiary alicyclic amines) is 1.